The van der Waals surface area contributed by atoms with Gasteiger partial charge in [-0.2, -0.15) is 10.2 Å². The van der Waals surface area contributed by atoms with Gasteiger partial charge in [-0.3, -0.25) is 9.48 Å². The number of thiophene rings is 1. The molecule has 0 saturated heterocycles. The molecule has 1 amide bonds. The SMILES string of the molecule is CCC(=NNC(=O)c1c(Br)cnn1C)c1ccc(Br)s1. The molecule has 0 unspecified atom stereocenters. The zero-order valence-electron chi connectivity index (χ0n) is 10.9. The standard InChI is InChI=1S/C12H12Br2N4OS/c1-3-8(9-4-5-10(14)20-9)16-17-12(19)11-7(13)6-15-18(11)2/h4-6H,3H2,1-2H3,(H,17,19). The molecule has 106 valence electrons. The van der Waals surface area contributed by atoms with Crippen LogP contribution in [-0.2, 0) is 7.05 Å². The van der Waals surface area contributed by atoms with Crippen LogP contribution >= 0.6 is 43.2 Å². The Morgan fingerprint density at radius 3 is 2.75 bits per heavy atom. The molecule has 0 fully saturated rings. The van der Waals surface area contributed by atoms with Crippen molar-refractivity contribution in [1.82, 2.24) is 15.2 Å². The van der Waals surface area contributed by atoms with Crippen LogP contribution in [0.15, 0.2) is 31.7 Å². The molecule has 2 heterocycles. The number of rotatable bonds is 4. The Bertz CT molecular complexity index is 643. The number of carbonyl (C=O) groups is 1. The van der Waals surface area contributed by atoms with Gasteiger partial charge in [-0.15, -0.1) is 11.3 Å². The van der Waals surface area contributed by atoms with E-state index < -0.39 is 0 Å². The molecule has 20 heavy (non-hydrogen) atoms. The minimum Gasteiger partial charge on any atom is -0.266 e. The lowest BCUT2D eigenvalue weighted by Crippen LogP contribution is -2.22. The van der Waals surface area contributed by atoms with Crippen molar-refractivity contribution in [2.75, 3.05) is 0 Å². The second kappa shape index (κ2) is 6.64. The third kappa shape index (κ3) is 3.36. The van der Waals surface area contributed by atoms with Crippen molar-refractivity contribution in [2.45, 2.75) is 13.3 Å². The zero-order chi connectivity index (χ0) is 14.7. The summed E-state index contributed by atoms with van der Waals surface area (Å²) in [7, 11) is 1.71. The monoisotopic (exact) mass is 418 g/mol. The summed E-state index contributed by atoms with van der Waals surface area (Å²) < 4.78 is 3.18. The van der Waals surface area contributed by atoms with E-state index in [4.69, 9.17) is 0 Å². The molecule has 2 aromatic rings. The molecule has 0 bridgehead atoms. The Morgan fingerprint density at radius 2 is 2.25 bits per heavy atom. The first-order valence-corrected chi connectivity index (χ1v) is 8.23. The molecule has 0 aliphatic heterocycles. The molecule has 8 heteroatoms. The number of aryl methyl sites for hydroxylation is 1. The van der Waals surface area contributed by atoms with Crippen LogP contribution in [0.25, 0.3) is 0 Å². The van der Waals surface area contributed by atoms with Crippen molar-refractivity contribution >= 4 is 54.8 Å². The Hall–Kier alpha value is -0.990. The second-order valence-corrected chi connectivity index (χ2v) is 7.24. The lowest BCUT2D eigenvalue weighted by Gasteiger charge is -2.04. The van der Waals surface area contributed by atoms with E-state index >= 15 is 0 Å². The fourth-order valence-corrected chi connectivity index (χ4v) is 3.59. The van der Waals surface area contributed by atoms with Gasteiger partial charge in [-0.05, 0) is 50.4 Å². The summed E-state index contributed by atoms with van der Waals surface area (Å²) in [6.07, 6.45) is 2.32. The molecule has 0 aliphatic carbocycles. The lowest BCUT2D eigenvalue weighted by atomic mass is 10.2. The second-order valence-electron chi connectivity index (χ2n) is 3.92. The molecule has 0 aromatic carbocycles. The minimum absolute atomic E-state index is 0.293. The number of amides is 1. The van der Waals surface area contributed by atoms with Crippen LogP contribution in [0.3, 0.4) is 0 Å². The number of hydrazone groups is 1. The lowest BCUT2D eigenvalue weighted by molar-refractivity contribution is 0.0944. The van der Waals surface area contributed by atoms with Gasteiger partial charge in [0.1, 0.15) is 5.69 Å². The van der Waals surface area contributed by atoms with Crippen molar-refractivity contribution in [3.8, 4) is 0 Å². The first-order chi connectivity index (χ1) is 9.52. The topological polar surface area (TPSA) is 59.3 Å². The summed E-state index contributed by atoms with van der Waals surface area (Å²) in [5.41, 5.74) is 3.86. The van der Waals surface area contributed by atoms with Gasteiger partial charge in [-0.1, -0.05) is 6.92 Å². The minimum atomic E-state index is -0.293. The highest BCUT2D eigenvalue weighted by molar-refractivity contribution is 9.11. The Kier molecular flexibility index (Phi) is 5.11. The van der Waals surface area contributed by atoms with Crippen LogP contribution in [0.2, 0.25) is 0 Å². The molecule has 1 N–H and O–H groups in total. The number of halogens is 2. The molecule has 0 atom stereocenters. The number of carbonyl (C=O) groups excluding carboxylic acids is 1. The number of nitrogens with one attached hydrogen (secondary N) is 1. The predicted octanol–water partition coefficient (Wildman–Crippen LogP) is 3.55. The number of nitrogens with zero attached hydrogens (tertiary/aromatic N) is 3. The van der Waals surface area contributed by atoms with Crippen LogP contribution in [0, 0.1) is 0 Å². The summed E-state index contributed by atoms with van der Waals surface area (Å²) in [5, 5.41) is 8.21. The van der Waals surface area contributed by atoms with E-state index in [0.717, 1.165) is 20.8 Å². The average molecular weight is 420 g/mol. The summed E-state index contributed by atoms with van der Waals surface area (Å²) in [5.74, 6) is -0.293. The van der Waals surface area contributed by atoms with Crippen LogP contribution in [0.1, 0.15) is 28.7 Å². The van der Waals surface area contributed by atoms with Crippen LogP contribution in [0.4, 0.5) is 0 Å². The van der Waals surface area contributed by atoms with Crippen molar-refractivity contribution in [3.63, 3.8) is 0 Å². The van der Waals surface area contributed by atoms with Crippen LogP contribution < -0.4 is 5.43 Å². The van der Waals surface area contributed by atoms with E-state index in [1.807, 2.05) is 19.1 Å². The average Bonchev–Trinajstić information content (AvgIpc) is 2.97. The van der Waals surface area contributed by atoms with Gasteiger partial charge < -0.3 is 0 Å². The van der Waals surface area contributed by atoms with E-state index in [1.165, 1.54) is 4.68 Å². The fourth-order valence-electron chi connectivity index (χ4n) is 1.62. The third-order valence-corrected chi connectivity index (χ3v) is 4.85. The summed E-state index contributed by atoms with van der Waals surface area (Å²) >= 11 is 8.30. The summed E-state index contributed by atoms with van der Waals surface area (Å²) in [6, 6.07) is 3.94. The molecule has 0 spiro atoms. The Labute approximate surface area is 137 Å². The van der Waals surface area contributed by atoms with Crippen molar-refractivity contribution in [1.29, 1.82) is 0 Å². The molecule has 0 aliphatic rings. The Balaban J connectivity index is 2.17. The van der Waals surface area contributed by atoms with Gasteiger partial charge in [0.25, 0.3) is 5.91 Å². The quantitative estimate of drug-likeness (QED) is 0.608. The number of aromatic nitrogens is 2. The first kappa shape index (κ1) is 15.4. The largest absolute Gasteiger partial charge is 0.290 e. The van der Waals surface area contributed by atoms with Gasteiger partial charge in [0.05, 0.1) is 25.0 Å². The zero-order valence-corrected chi connectivity index (χ0v) is 14.8. The van der Waals surface area contributed by atoms with Gasteiger partial charge in [0.2, 0.25) is 0 Å². The molecule has 0 radical (unpaired) electrons. The fraction of sp³-hybridized carbons (Fsp3) is 0.250. The highest BCUT2D eigenvalue weighted by Gasteiger charge is 2.15. The molecule has 2 aromatic heterocycles. The van der Waals surface area contributed by atoms with E-state index in [2.05, 4.69) is 47.5 Å². The van der Waals surface area contributed by atoms with E-state index in [0.29, 0.717) is 10.2 Å². The highest BCUT2D eigenvalue weighted by Crippen LogP contribution is 2.23. The van der Waals surface area contributed by atoms with E-state index in [9.17, 15) is 4.79 Å². The smallest absolute Gasteiger partial charge is 0.266 e. The maximum absolute atomic E-state index is 12.1. The summed E-state index contributed by atoms with van der Waals surface area (Å²) in [4.78, 5) is 13.1. The molecule has 2 rings (SSSR count). The van der Waals surface area contributed by atoms with Gasteiger partial charge >= 0.3 is 0 Å². The van der Waals surface area contributed by atoms with Crippen molar-refractivity contribution < 1.29 is 4.79 Å². The first-order valence-electron chi connectivity index (χ1n) is 5.83. The van der Waals surface area contributed by atoms with Gasteiger partial charge in [-0.25, -0.2) is 5.43 Å². The van der Waals surface area contributed by atoms with E-state index in [-0.39, 0.29) is 5.91 Å². The molecule has 0 saturated carbocycles. The molecular weight excluding hydrogens is 408 g/mol. The van der Waals surface area contributed by atoms with Gasteiger partial charge in [0.15, 0.2) is 0 Å². The number of hydrogen-bond donors (Lipinski definition) is 1. The Morgan fingerprint density at radius 1 is 1.50 bits per heavy atom. The summed E-state index contributed by atoms with van der Waals surface area (Å²) in [6.45, 7) is 2.00. The molecular formula is C12H12Br2N4OS. The van der Waals surface area contributed by atoms with Gasteiger partial charge in [0, 0.05) is 7.05 Å². The van der Waals surface area contributed by atoms with Crippen LogP contribution in [-0.4, -0.2) is 21.4 Å². The van der Waals surface area contributed by atoms with Crippen LogP contribution in [0.5, 0.6) is 0 Å². The normalized spacial score (nSPS) is 11.7. The maximum atomic E-state index is 12.1. The third-order valence-electron chi connectivity index (χ3n) is 2.59. The highest BCUT2D eigenvalue weighted by atomic mass is 79.9. The predicted molar refractivity (Wildman–Crippen MR) is 87.2 cm³/mol. The molecule has 5 nitrogen and oxygen atoms in total. The van der Waals surface area contributed by atoms with E-state index in [1.54, 1.807) is 24.6 Å². The van der Waals surface area contributed by atoms with Crippen molar-refractivity contribution in [3.05, 3.63) is 37.2 Å². The maximum Gasteiger partial charge on any atom is 0.290 e. The number of hydrogen-bond acceptors (Lipinski definition) is 4. The van der Waals surface area contributed by atoms with Crippen molar-refractivity contribution in [2.24, 2.45) is 12.1 Å².